The summed E-state index contributed by atoms with van der Waals surface area (Å²) in [5.41, 5.74) is 0.255. The molecule has 66 heavy (non-hydrogen) atoms. The van der Waals surface area contributed by atoms with Crippen LogP contribution in [0.15, 0.2) is 73.1 Å². The fraction of sp³-hybridized carbons (Fsp3) is 0.378. The number of aromatic carboxylic acids is 1. The number of carboxylic acids is 1. The van der Waals surface area contributed by atoms with E-state index in [1.807, 2.05) is 20.8 Å². The van der Waals surface area contributed by atoms with Crippen LogP contribution >= 0.6 is 11.6 Å². The number of rotatable bonds is 10. The number of nitrogens with zero attached hydrogens (tertiary/aromatic N) is 8. The van der Waals surface area contributed by atoms with Crippen LogP contribution in [-0.2, 0) is 35.1 Å². The Labute approximate surface area is 383 Å². The van der Waals surface area contributed by atoms with Gasteiger partial charge in [0.15, 0.2) is 0 Å². The Hall–Kier alpha value is -7.35. The van der Waals surface area contributed by atoms with Gasteiger partial charge in [-0.15, -0.1) is 5.10 Å². The Morgan fingerprint density at radius 1 is 0.803 bits per heavy atom. The molecule has 3 aromatic carbocycles. The molecular formula is C45H49ClN10O10. The molecule has 1 unspecified atom stereocenters. The number of urea groups is 1. The second-order valence-corrected chi connectivity index (χ2v) is 18.3. The molecule has 0 radical (unpaired) electrons. The number of esters is 1. The van der Waals surface area contributed by atoms with Crippen LogP contribution in [0.3, 0.4) is 0 Å². The van der Waals surface area contributed by atoms with Crippen LogP contribution in [0.4, 0.5) is 26.7 Å². The number of halogens is 1. The number of ether oxygens (including phenoxy) is 2. The molecule has 0 spiro atoms. The standard InChI is InChI=1S/C45H49ClN10O10/c1-44(2,3)65-41(62)27-15-17-52(18-16-27)42(63)49-30-10-7-26(8-11-30)21-35(54-20-19-53(38(58)39(54)59)34-24-29(46)9-13-33(34)55-25-47-50-51-55)37(57)48-31-12-14-32-28(22-31)23-36(40(60)61)56(32)43(64)66-45(4,5)6/h7-14,22-25,27,35H,15-21H2,1-6H3,(H,48,57)(H,49,63)(H,60,61). The molecule has 21 heteroatoms. The van der Waals surface area contributed by atoms with Gasteiger partial charge in [0.2, 0.25) is 5.91 Å². The molecule has 20 nitrogen and oxygen atoms in total. The number of likely N-dealkylation sites (tertiary alicyclic amines) is 1. The third-order valence-electron chi connectivity index (χ3n) is 10.8. The van der Waals surface area contributed by atoms with Gasteiger partial charge in [-0.05, 0) is 125 Å². The quantitative estimate of drug-likeness (QED) is 0.112. The molecule has 1 atom stereocenters. The van der Waals surface area contributed by atoms with E-state index in [1.165, 1.54) is 51.1 Å². The highest BCUT2D eigenvalue weighted by molar-refractivity contribution is 6.41. The van der Waals surface area contributed by atoms with Crippen LogP contribution in [-0.4, -0.2) is 125 Å². The zero-order valence-corrected chi connectivity index (χ0v) is 37.9. The van der Waals surface area contributed by atoms with Crippen molar-refractivity contribution in [2.75, 3.05) is 41.7 Å². The first-order valence-electron chi connectivity index (χ1n) is 21.1. The lowest BCUT2D eigenvalue weighted by Gasteiger charge is -2.38. The maximum atomic E-state index is 14.4. The zero-order chi connectivity index (χ0) is 47.7. The second kappa shape index (κ2) is 18.6. The molecular weight excluding hydrogens is 876 g/mol. The van der Waals surface area contributed by atoms with Crippen molar-refractivity contribution in [1.82, 2.24) is 34.6 Å². The number of fused-ring (bicyclic) bond motifs is 1. The first-order chi connectivity index (χ1) is 31.2. The lowest BCUT2D eigenvalue weighted by molar-refractivity contribution is -0.161. The molecule has 5 amide bonds. The van der Waals surface area contributed by atoms with E-state index >= 15 is 0 Å². The van der Waals surface area contributed by atoms with Crippen LogP contribution in [0.2, 0.25) is 5.02 Å². The van der Waals surface area contributed by atoms with E-state index < -0.39 is 47.0 Å². The van der Waals surface area contributed by atoms with Gasteiger partial charge in [0.05, 0.1) is 22.8 Å². The maximum Gasteiger partial charge on any atom is 0.419 e. The highest BCUT2D eigenvalue weighted by Gasteiger charge is 2.41. The summed E-state index contributed by atoms with van der Waals surface area (Å²) in [6.07, 6.45) is 1.30. The fourth-order valence-electron chi connectivity index (χ4n) is 7.73. The Kier molecular flexibility index (Phi) is 13.2. The van der Waals surface area contributed by atoms with Gasteiger partial charge in [-0.3, -0.25) is 19.2 Å². The molecule has 0 saturated carbocycles. The summed E-state index contributed by atoms with van der Waals surface area (Å²) in [6, 6.07) is 15.5. The first kappa shape index (κ1) is 46.6. The van der Waals surface area contributed by atoms with Crippen LogP contribution in [0.1, 0.15) is 70.4 Å². The van der Waals surface area contributed by atoms with Gasteiger partial charge in [0.25, 0.3) is 0 Å². The first-order valence-corrected chi connectivity index (χ1v) is 21.5. The normalized spacial score (nSPS) is 15.4. The minimum Gasteiger partial charge on any atom is -0.477 e. The number of nitrogens with one attached hydrogen (secondary N) is 2. The Morgan fingerprint density at radius 2 is 1.48 bits per heavy atom. The summed E-state index contributed by atoms with van der Waals surface area (Å²) < 4.78 is 13.2. The maximum absolute atomic E-state index is 14.4. The molecule has 2 aliphatic heterocycles. The lowest BCUT2D eigenvalue weighted by Crippen LogP contribution is -2.60. The number of carbonyl (C=O) groups is 7. The predicted molar refractivity (Wildman–Crippen MR) is 240 cm³/mol. The number of carboxylic acid groups (broad SMARTS) is 1. The fourth-order valence-corrected chi connectivity index (χ4v) is 7.90. The van der Waals surface area contributed by atoms with Crippen molar-refractivity contribution in [3.05, 3.63) is 89.3 Å². The van der Waals surface area contributed by atoms with Crippen LogP contribution in [0.5, 0.6) is 0 Å². The second-order valence-electron chi connectivity index (χ2n) is 17.9. The van der Waals surface area contributed by atoms with Crippen molar-refractivity contribution in [1.29, 1.82) is 0 Å². The van der Waals surface area contributed by atoms with E-state index in [4.69, 9.17) is 21.1 Å². The molecule has 7 rings (SSSR count). The number of tetrazole rings is 1. The lowest BCUT2D eigenvalue weighted by atomic mass is 9.97. The number of amides is 5. The van der Waals surface area contributed by atoms with Crippen molar-refractivity contribution < 1.29 is 48.1 Å². The van der Waals surface area contributed by atoms with Crippen LogP contribution in [0.25, 0.3) is 16.6 Å². The van der Waals surface area contributed by atoms with Crippen molar-refractivity contribution in [2.24, 2.45) is 5.92 Å². The summed E-state index contributed by atoms with van der Waals surface area (Å²) in [5, 5.41) is 27.5. The summed E-state index contributed by atoms with van der Waals surface area (Å²) in [7, 11) is 0. The van der Waals surface area contributed by atoms with Gasteiger partial charge in [0, 0.05) is 54.4 Å². The average molecular weight is 925 g/mol. The van der Waals surface area contributed by atoms with E-state index in [2.05, 4.69) is 26.2 Å². The number of piperidine rings is 1. The van der Waals surface area contributed by atoms with Crippen LogP contribution in [0, 0.1) is 5.92 Å². The number of carbonyl (C=O) groups excluding carboxylic acids is 6. The molecule has 2 saturated heterocycles. The number of hydrogen-bond acceptors (Lipinski definition) is 12. The molecule has 2 aliphatic rings. The summed E-state index contributed by atoms with van der Waals surface area (Å²) in [5.74, 6) is -4.53. The minimum absolute atomic E-state index is 0.0358. The minimum atomic E-state index is -1.38. The highest BCUT2D eigenvalue weighted by atomic mass is 35.5. The summed E-state index contributed by atoms with van der Waals surface area (Å²) in [6.45, 7) is 11.0. The van der Waals surface area contributed by atoms with E-state index in [-0.39, 0.29) is 65.0 Å². The smallest absolute Gasteiger partial charge is 0.419 e. The van der Waals surface area contributed by atoms with Crippen molar-refractivity contribution in [2.45, 2.75) is 78.0 Å². The number of aromatic nitrogens is 5. The molecule has 0 aliphatic carbocycles. The number of piperazine rings is 1. The van der Waals surface area contributed by atoms with Gasteiger partial charge < -0.3 is 39.9 Å². The van der Waals surface area contributed by atoms with Crippen LogP contribution < -0.4 is 15.5 Å². The predicted octanol–water partition coefficient (Wildman–Crippen LogP) is 5.76. The summed E-state index contributed by atoms with van der Waals surface area (Å²) >= 11 is 6.34. The van der Waals surface area contributed by atoms with Crippen molar-refractivity contribution in [3.63, 3.8) is 0 Å². The zero-order valence-electron chi connectivity index (χ0n) is 37.1. The Morgan fingerprint density at radius 3 is 2.12 bits per heavy atom. The molecule has 3 N–H and O–H groups in total. The largest absolute Gasteiger partial charge is 0.477 e. The van der Waals surface area contributed by atoms with Crippen molar-refractivity contribution >= 4 is 81.4 Å². The molecule has 5 aromatic rings. The van der Waals surface area contributed by atoms with Crippen molar-refractivity contribution in [3.8, 4) is 5.69 Å². The van der Waals surface area contributed by atoms with E-state index in [0.29, 0.717) is 48.3 Å². The van der Waals surface area contributed by atoms with Gasteiger partial charge in [-0.1, -0.05) is 23.7 Å². The van der Waals surface area contributed by atoms with Gasteiger partial charge >= 0.3 is 35.9 Å². The summed E-state index contributed by atoms with van der Waals surface area (Å²) in [4.78, 5) is 97.8. The molecule has 346 valence electrons. The average Bonchev–Trinajstić information content (AvgIpc) is 3.92. The number of benzene rings is 3. The SMILES string of the molecule is CC(C)(C)OC(=O)C1CCN(C(=O)Nc2ccc(CC(C(=O)Nc3ccc4c(c3)cc(C(=O)O)n4C(=O)OC(C)(C)C)N3CCN(c4cc(Cl)ccc4-n4cnnn4)C(=O)C3=O)cc2)CC1. The Balaban J connectivity index is 1.12. The van der Waals surface area contributed by atoms with E-state index in [9.17, 15) is 38.7 Å². The third kappa shape index (κ3) is 10.6. The monoisotopic (exact) mass is 924 g/mol. The van der Waals surface area contributed by atoms with Gasteiger partial charge in [0.1, 0.15) is 29.3 Å². The molecule has 0 bridgehead atoms. The van der Waals surface area contributed by atoms with Gasteiger partial charge in [-0.2, -0.15) is 4.68 Å². The molecule has 4 heterocycles. The van der Waals surface area contributed by atoms with E-state index in [0.717, 1.165) is 4.57 Å². The van der Waals surface area contributed by atoms with Gasteiger partial charge in [-0.25, -0.2) is 19.0 Å². The number of hydrogen-bond donors (Lipinski definition) is 3. The Bertz CT molecular complexity index is 2700. The third-order valence-corrected chi connectivity index (χ3v) is 11.0. The molecule has 2 aromatic heterocycles. The number of anilines is 3. The topological polar surface area (TPSA) is 240 Å². The highest BCUT2D eigenvalue weighted by Crippen LogP contribution is 2.31. The van der Waals surface area contributed by atoms with E-state index in [1.54, 1.807) is 62.1 Å². The molecule has 2 fully saturated rings.